The van der Waals surface area contributed by atoms with Gasteiger partial charge in [0.2, 0.25) is 0 Å². The normalized spacial score (nSPS) is 8.94. The molecule has 2 N–H and O–H groups in total. The smallest absolute Gasteiger partial charge is 0.338 e. The molecule has 0 bridgehead atoms. The van der Waals surface area contributed by atoms with Gasteiger partial charge in [0.15, 0.2) is 0 Å². The molecule has 3 heteroatoms. The van der Waals surface area contributed by atoms with Crippen molar-refractivity contribution in [1.29, 1.82) is 0 Å². The third kappa shape index (κ3) is 6.06. The molecule has 0 amide bonds. The minimum atomic E-state index is -0.308. The van der Waals surface area contributed by atoms with Crippen molar-refractivity contribution in [3.05, 3.63) is 29.8 Å². The van der Waals surface area contributed by atoms with Crippen LogP contribution in [0.2, 0.25) is 0 Å². The van der Waals surface area contributed by atoms with Crippen LogP contribution >= 0.6 is 0 Å². The predicted octanol–water partition coefficient (Wildman–Crippen LogP) is 3.25. The Hall–Kier alpha value is -1.51. The first-order chi connectivity index (χ1) is 7.65. The summed E-state index contributed by atoms with van der Waals surface area (Å²) in [5.41, 5.74) is 6.62. The van der Waals surface area contributed by atoms with Crippen LogP contribution in [-0.2, 0) is 4.74 Å². The number of rotatable bonds is 3. The Morgan fingerprint density at radius 2 is 1.62 bits per heavy atom. The van der Waals surface area contributed by atoms with E-state index in [1.54, 1.807) is 31.2 Å². The lowest BCUT2D eigenvalue weighted by molar-refractivity contribution is 0.0526. The highest BCUT2D eigenvalue weighted by Gasteiger charge is 2.03. The van der Waals surface area contributed by atoms with E-state index in [4.69, 9.17) is 10.5 Å². The third-order valence-electron chi connectivity index (χ3n) is 1.92. The monoisotopic (exact) mass is 223 g/mol. The molecular weight excluding hydrogens is 202 g/mol. The summed E-state index contributed by atoms with van der Waals surface area (Å²) in [4.78, 5) is 11.1. The van der Waals surface area contributed by atoms with Gasteiger partial charge in [0.1, 0.15) is 0 Å². The molecule has 0 saturated heterocycles. The summed E-state index contributed by atoms with van der Waals surface area (Å²) in [5.74, 6) is -0.308. The van der Waals surface area contributed by atoms with Gasteiger partial charge in [0.05, 0.1) is 12.2 Å². The van der Waals surface area contributed by atoms with E-state index in [9.17, 15) is 4.79 Å². The van der Waals surface area contributed by atoms with Gasteiger partial charge in [-0.3, -0.25) is 0 Å². The van der Waals surface area contributed by atoms with Crippen LogP contribution in [0.15, 0.2) is 24.3 Å². The second-order valence-corrected chi connectivity index (χ2v) is 3.34. The Bertz CT molecular complexity index is 291. The van der Waals surface area contributed by atoms with Gasteiger partial charge in [-0.2, -0.15) is 0 Å². The molecule has 3 nitrogen and oxygen atoms in total. The molecule has 0 spiro atoms. The Morgan fingerprint density at radius 3 is 2.00 bits per heavy atom. The average Bonchev–Trinajstić information content (AvgIpc) is 2.30. The quantitative estimate of drug-likeness (QED) is 0.632. The molecule has 0 aliphatic carbocycles. The van der Waals surface area contributed by atoms with Gasteiger partial charge < -0.3 is 10.5 Å². The van der Waals surface area contributed by atoms with Gasteiger partial charge >= 0.3 is 5.97 Å². The minimum Gasteiger partial charge on any atom is -0.462 e. The number of anilines is 1. The summed E-state index contributed by atoms with van der Waals surface area (Å²) in [6, 6.07) is 6.64. The molecule has 0 aromatic heterocycles. The van der Waals surface area contributed by atoms with E-state index in [-0.39, 0.29) is 5.97 Å². The molecular formula is C13H21NO2. The number of hydrogen-bond donors (Lipinski definition) is 1. The van der Waals surface area contributed by atoms with Gasteiger partial charge in [-0.05, 0) is 31.2 Å². The molecule has 0 fully saturated rings. The van der Waals surface area contributed by atoms with E-state index in [0.717, 1.165) is 0 Å². The first-order valence-electron chi connectivity index (χ1n) is 5.68. The van der Waals surface area contributed by atoms with Gasteiger partial charge in [0.25, 0.3) is 0 Å². The fourth-order valence-electron chi connectivity index (χ4n) is 0.834. The lowest BCUT2D eigenvalue weighted by Gasteiger charge is -2.00. The van der Waals surface area contributed by atoms with Gasteiger partial charge in [-0.15, -0.1) is 0 Å². The van der Waals surface area contributed by atoms with Crippen LogP contribution < -0.4 is 5.73 Å². The molecule has 0 unspecified atom stereocenters. The van der Waals surface area contributed by atoms with E-state index in [0.29, 0.717) is 17.9 Å². The first-order valence-corrected chi connectivity index (χ1v) is 5.68. The molecule has 0 aliphatic rings. The van der Waals surface area contributed by atoms with Crippen molar-refractivity contribution in [2.75, 3.05) is 12.3 Å². The number of carbonyl (C=O) groups excluding carboxylic acids is 1. The third-order valence-corrected chi connectivity index (χ3v) is 1.92. The van der Waals surface area contributed by atoms with Crippen LogP contribution in [0, 0.1) is 0 Å². The molecule has 0 radical (unpaired) electrons. The van der Waals surface area contributed by atoms with Crippen molar-refractivity contribution in [2.24, 2.45) is 0 Å². The molecule has 16 heavy (non-hydrogen) atoms. The van der Waals surface area contributed by atoms with Crippen LogP contribution in [0.25, 0.3) is 0 Å². The second kappa shape index (κ2) is 8.77. The number of nitrogens with two attached hydrogens (primary N) is 1. The highest BCUT2D eigenvalue weighted by Crippen LogP contribution is 2.06. The summed E-state index contributed by atoms with van der Waals surface area (Å²) in [6.07, 6.45) is 2.64. The van der Waals surface area contributed by atoms with Crippen LogP contribution in [0.1, 0.15) is 44.0 Å². The van der Waals surface area contributed by atoms with Crippen molar-refractivity contribution in [3.63, 3.8) is 0 Å². The van der Waals surface area contributed by atoms with E-state index in [1.807, 2.05) is 0 Å². The summed E-state index contributed by atoms with van der Waals surface area (Å²) in [7, 11) is 0. The molecule has 0 aliphatic heterocycles. The Kier molecular flexibility index (Phi) is 7.94. The van der Waals surface area contributed by atoms with Crippen molar-refractivity contribution >= 4 is 11.7 Å². The zero-order chi connectivity index (χ0) is 12.4. The molecule has 1 aromatic carbocycles. The molecule has 0 heterocycles. The second-order valence-electron chi connectivity index (χ2n) is 3.34. The lowest BCUT2D eigenvalue weighted by atomic mass is 10.2. The van der Waals surface area contributed by atoms with Crippen LogP contribution in [0.3, 0.4) is 0 Å². The van der Waals surface area contributed by atoms with Crippen LogP contribution in [0.4, 0.5) is 5.69 Å². The molecule has 1 rings (SSSR count). The predicted molar refractivity (Wildman–Crippen MR) is 67.4 cm³/mol. The van der Waals surface area contributed by atoms with E-state index < -0.39 is 0 Å². The van der Waals surface area contributed by atoms with Crippen molar-refractivity contribution in [1.82, 2.24) is 0 Å². The van der Waals surface area contributed by atoms with Crippen molar-refractivity contribution in [2.45, 2.75) is 33.6 Å². The maximum Gasteiger partial charge on any atom is 0.338 e. The molecule has 1 aromatic rings. The highest BCUT2D eigenvalue weighted by atomic mass is 16.5. The van der Waals surface area contributed by atoms with Gasteiger partial charge in [-0.25, -0.2) is 4.79 Å². The fraction of sp³-hybridized carbons (Fsp3) is 0.462. The zero-order valence-corrected chi connectivity index (χ0v) is 10.3. The van der Waals surface area contributed by atoms with Crippen molar-refractivity contribution < 1.29 is 9.53 Å². The number of nitrogen functional groups attached to an aromatic ring is 1. The summed E-state index contributed by atoms with van der Waals surface area (Å²) < 4.78 is 4.79. The highest BCUT2D eigenvalue weighted by molar-refractivity contribution is 5.89. The van der Waals surface area contributed by atoms with Crippen LogP contribution in [-0.4, -0.2) is 12.6 Å². The number of hydrogen-bond acceptors (Lipinski definition) is 3. The number of unbranched alkanes of at least 4 members (excludes halogenated alkanes) is 1. The SMILES string of the molecule is CCCC.CCOC(=O)c1ccc(N)cc1. The largest absolute Gasteiger partial charge is 0.462 e. The number of benzene rings is 1. The number of carbonyl (C=O) groups is 1. The molecule has 0 saturated carbocycles. The average molecular weight is 223 g/mol. The van der Waals surface area contributed by atoms with Gasteiger partial charge in [-0.1, -0.05) is 26.7 Å². The molecule has 90 valence electrons. The van der Waals surface area contributed by atoms with Gasteiger partial charge in [0, 0.05) is 5.69 Å². The molecule has 0 atom stereocenters. The maximum atomic E-state index is 11.1. The van der Waals surface area contributed by atoms with E-state index >= 15 is 0 Å². The van der Waals surface area contributed by atoms with Crippen LogP contribution in [0.5, 0.6) is 0 Å². The lowest BCUT2D eigenvalue weighted by Crippen LogP contribution is -2.04. The number of esters is 1. The fourth-order valence-corrected chi connectivity index (χ4v) is 0.834. The summed E-state index contributed by atoms with van der Waals surface area (Å²) in [5, 5.41) is 0. The summed E-state index contributed by atoms with van der Waals surface area (Å²) in [6.45, 7) is 6.53. The standard InChI is InChI=1S/C9H11NO2.C4H10/c1-2-12-9(11)7-3-5-8(10)6-4-7;1-3-4-2/h3-6H,2,10H2,1H3;3-4H2,1-2H3. The zero-order valence-electron chi connectivity index (χ0n) is 10.3. The minimum absolute atomic E-state index is 0.308. The Morgan fingerprint density at radius 1 is 1.12 bits per heavy atom. The Labute approximate surface area is 97.6 Å². The Balaban J connectivity index is 0.000000487. The number of ether oxygens (including phenoxy) is 1. The maximum absolute atomic E-state index is 11.1. The summed E-state index contributed by atoms with van der Waals surface area (Å²) >= 11 is 0. The van der Waals surface area contributed by atoms with E-state index in [1.165, 1.54) is 12.8 Å². The van der Waals surface area contributed by atoms with E-state index in [2.05, 4.69) is 13.8 Å². The van der Waals surface area contributed by atoms with Crippen molar-refractivity contribution in [3.8, 4) is 0 Å². The topological polar surface area (TPSA) is 52.3 Å². The first kappa shape index (κ1) is 14.5.